The van der Waals surface area contributed by atoms with Gasteiger partial charge in [0.15, 0.2) is 0 Å². The molecule has 4 nitrogen and oxygen atoms in total. The predicted octanol–water partition coefficient (Wildman–Crippen LogP) is 2.61. The number of nitrogen functional groups attached to an aromatic ring is 1. The number of carbonyl (C=O) groups excluding carboxylic acids is 1. The van der Waals surface area contributed by atoms with Crippen molar-refractivity contribution in [3.8, 4) is 0 Å². The highest BCUT2D eigenvalue weighted by molar-refractivity contribution is 6.36. The van der Waals surface area contributed by atoms with E-state index in [2.05, 4.69) is 5.32 Å². The molecule has 1 saturated heterocycles. The van der Waals surface area contributed by atoms with Crippen LogP contribution in [-0.2, 0) is 4.74 Å². The van der Waals surface area contributed by atoms with Crippen molar-refractivity contribution in [2.45, 2.75) is 31.8 Å². The van der Waals surface area contributed by atoms with Gasteiger partial charge in [0.1, 0.15) is 0 Å². The molecular formula is C14H19ClN2O2. The maximum atomic E-state index is 12.0. The largest absolute Gasteiger partial charge is 0.398 e. The zero-order chi connectivity index (χ0) is 13.7. The molecule has 5 heteroatoms. The zero-order valence-electron chi connectivity index (χ0n) is 10.8. The van der Waals surface area contributed by atoms with Crippen molar-refractivity contribution in [1.29, 1.82) is 0 Å². The Morgan fingerprint density at radius 1 is 1.47 bits per heavy atom. The average molecular weight is 283 g/mol. The summed E-state index contributed by atoms with van der Waals surface area (Å²) < 4.78 is 5.61. The van der Waals surface area contributed by atoms with Crippen LogP contribution >= 0.6 is 11.6 Å². The van der Waals surface area contributed by atoms with E-state index < -0.39 is 0 Å². The van der Waals surface area contributed by atoms with Crippen LogP contribution in [0, 0.1) is 0 Å². The number of benzene rings is 1. The molecule has 19 heavy (non-hydrogen) atoms. The lowest BCUT2D eigenvalue weighted by atomic mass is 10.1. The van der Waals surface area contributed by atoms with Crippen LogP contribution in [0.5, 0.6) is 0 Å². The second-order valence-corrected chi connectivity index (χ2v) is 5.12. The van der Waals surface area contributed by atoms with Crippen molar-refractivity contribution in [2.24, 2.45) is 0 Å². The molecule has 0 aliphatic carbocycles. The van der Waals surface area contributed by atoms with Gasteiger partial charge in [0, 0.05) is 13.2 Å². The summed E-state index contributed by atoms with van der Waals surface area (Å²) in [6.07, 6.45) is 4.53. The van der Waals surface area contributed by atoms with Crippen molar-refractivity contribution >= 4 is 23.2 Å². The number of carbonyl (C=O) groups is 1. The SMILES string of the molecule is Nc1cccc(C(=O)NCCC2CCCCO2)c1Cl. The van der Waals surface area contributed by atoms with Gasteiger partial charge in [-0.05, 0) is 37.8 Å². The van der Waals surface area contributed by atoms with Gasteiger partial charge in [-0.15, -0.1) is 0 Å². The third-order valence-electron chi connectivity index (χ3n) is 3.30. The van der Waals surface area contributed by atoms with E-state index in [1.54, 1.807) is 18.2 Å². The minimum Gasteiger partial charge on any atom is -0.398 e. The fraction of sp³-hybridized carbons (Fsp3) is 0.500. The standard InChI is InChI=1S/C14H19ClN2O2/c15-13-11(5-3-6-12(13)16)14(18)17-8-7-10-4-1-2-9-19-10/h3,5-6,10H,1-2,4,7-9,16H2,(H,17,18). The van der Waals surface area contributed by atoms with Crippen LogP contribution in [0.15, 0.2) is 18.2 Å². The Morgan fingerprint density at radius 2 is 2.32 bits per heavy atom. The van der Waals surface area contributed by atoms with Gasteiger partial charge >= 0.3 is 0 Å². The molecule has 2 rings (SSSR count). The fourth-order valence-corrected chi connectivity index (χ4v) is 2.41. The second kappa shape index (κ2) is 6.78. The Kier molecular flexibility index (Phi) is 5.05. The molecule has 0 radical (unpaired) electrons. The second-order valence-electron chi connectivity index (χ2n) is 4.74. The van der Waals surface area contributed by atoms with E-state index in [9.17, 15) is 4.79 Å². The number of halogens is 1. The molecule has 1 amide bonds. The van der Waals surface area contributed by atoms with Gasteiger partial charge in [0.05, 0.1) is 22.4 Å². The highest BCUT2D eigenvalue weighted by Gasteiger charge is 2.15. The Bertz CT molecular complexity index is 445. The first-order valence-corrected chi connectivity index (χ1v) is 7.00. The third kappa shape index (κ3) is 3.85. The molecule has 104 valence electrons. The van der Waals surface area contributed by atoms with Crippen LogP contribution < -0.4 is 11.1 Å². The number of amides is 1. The van der Waals surface area contributed by atoms with Crippen LogP contribution in [0.4, 0.5) is 5.69 Å². The van der Waals surface area contributed by atoms with Gasteiger partial charge in [0.25, 0.3) is 5.91 Å². The van der Waals surface area contributed by atoms with E-state index in [0.717, 1.165) is 25.9 Å². The van der Waals surface area contributed by atoms with Crippen LogP contribution in [0.3, 0.4) is 0 Å². The summed E-state index contributed by atoms with van der Waals surface area (Å²) >= 11 is 6.01. The highest BCUT2D eigenvalue weighted by atomic mass is 35.5. The summed E-state index contributed by atoms with van der Waals surface area (Å²) in [7, 11) is 0. The van der Waals surface area contributed by atoms with E-state index in [0.29, 0.717) is 22.8 Å². The minimum atomic E-state index is -0.187. The minimum absolute atomic E-state index is 0.187. The van der Waals surface area contributed by atoms with Crippen molar-refractivity contribution in [1.82, 2.24) is 5.32 Å². The Hall–Kier alpha value is -1.26. The Morgan fingerprint density at radius 3 is 3.05 bits per heavy atom. The van der Waals surface area contributed by atoms with Gasteiger partial charge in [-0.1, -0.05) is 17.7 Å². The molecule has 0 aromatic heterocycles. The zero-order valence-corrected chi connectivity index (χ0v) is 11.6. The van der Waals surface area contributed by atoms with Crippen LogP contribution in [0.25, 0.3) is 0 Å². The van der Waals surface area contributed by atoms with Gasteiger partial charge < -0.3 is 15.8 Å². The average Bonchev–Trinajstić information content (AvgIpc) is 2.43. The molecule has 1 fully saturated rings. The fourth-order valence-electron chi connectivity index (χ4n) is 2.20. The molecular weight excluding hydrogens is 264 g/mol. The lowest BCUT2D eigenvalue weighted by molar-refractivity contribution is 0.0117. The van der Waals surface area contributed by atoms with Crippen molar-refractivity contribution in [2.75, 3.05) is 18.9 Å². The van der Waals surface area contributed by atoms with Gasteiger partial charge in [0.2, 0.25) is 0 Å². The quantitative estimate of drug-likeness (QED) is 0.835. The van der Waals surface area contributed by atoms with Crippen molar-refractivity contribution < 1.29 is 9.53 Å². The van der Waals surface area contributed by atoms with Crippen LogP contribution in [-0.4, -0.2) is 25.2 Å². The number of ether oxygens (including phenoxy) is 1. The van der Waals surface area contributed by atoms with Gasteiger partial charge in [-0.25, -0.2) is 0 Å². The van der Waals surface area contributed by atoms with Gasteiger partial charge in [-0.3, -0.25) is 4.79 Å². The van der Waals surface area contributed by atoms with Crippen molar-refractivity contribution in [3.05, 3.63) is 28.8 Å². The smallest absolute Gasteiger partial charge is 0.252 e. The highest BCUT2D eigenvalue weighted by Crippen LogP contribution is 2.22. The van der Waals surface area contributed by atoms with Crippen molar-refractivity contribution in [3.63, 3.8) is 0 Å². The summed E-state index contributed by atoms with van der Waals surface area (Å²) in [5.41, 5.74) is 6.52. The monoisotopic (exact) mass is 282 g/mol. The Balaban J connectivity index is 1.82. The van der Waals surface area contributed by atoms with Crippen LogP contribution in [0.2, 0.25) is 5.02 Å². The van der Waals surface area contributed by atoms with E-state index in [-0.39, 0.29) is 12.0 Å². The summed E-state index contributed by atoms with van der Waals surface area (Å²) in [6, 6.07) is 5.07. The summed E-state index contributed by atoms with van der Waals surface area (Å²) in [6.45, 7) is 1.42. The molecule has 1 aromatic rings. The first-order chi connectivity index (χ1) is 9.18. The summed E-state index contributed by atoms with van der Waals surface area (Å²) in [4.78, 5) is 12.0. The lowest BCUT2D eigenvalue weighted by Crippen LogP contribution is -2.29. The molecule has 1 heterocycles. The third-order valence-corrected chi connectivity index (χ3v) is 3.72. The first kappa shape index (κ1) is 14.2. The normalized spacial score (nSPS) is 19.1. The lowest BCUT2D eigenvalue weighted by Gasteiger charge is -2.22. The molecule has 0 spiro atoms. The number of anilines is 1. The molecule has 3 N–H and O–H groups in total. The first-order valence-electron chi connectivity index (χ1n) is 6.62. The molecule has 1 aromatic carbocycles. The number of hydrogen-bond acceptors (Lipinski definition) is 3. The number of rotatable bonds is 4. The molecule has 1 unspecified atom stereocenters. The molecule has 0 bridgehead atoms. The topological polar surface area (TPSA) is 64.4 Å². The Labute approximate surface area is 118 Å². The number of hydrogen-bond donors (Lipinski definition) is 2. The summed E-state index contributed by atoms with van der Waals surface area (Å²) in [5.74, 6) is -0.187. The maximum Gasteiger partial charge on any atom is 0.252 e. The molecule has 1 aliphatic rings. The van der Waals surface area contributed by atoms with Crippen LogP contribution in [0.1, 0.15) is 36.0 Å². The molecule has 1 aliphatic heterocycles. The summed E-state index contributed by atoms with van der Waals surface area (Å²) in [5, 5.41) is 3.17. The number of nitrogens with one attached hydrogen (secondary N) is 1. The van der Waals surface area contributed by atoms with E-state index >= 15 is 0 Å². The predicted molar refractivity (Wildman–Crippen MR) is 76.4 cm³/mol. The molecule has 0 saturated carbocycles. The number of nitrogens with two attached hydrogens (primary N) is 1. The molecule has 1 atom stereocenters. The van der Waals surface area contributed by atoms with E-state index in [4.69, 9.17) is 22.1 Å². The van der Waals surface area contributed by atoms with Gasteiger partial charge in [-0.2, -0.15) is 0 Å². The maximum absolute atomic E-state index is 12.0. The van der Waals surface area contributed by atoms with E-state index in [1.165, 1.54) is 6.42 Å². The van der Waals surface area contributed by atoms with E-state index in [1.807, 2.05) is 0 Å².